The summed E-state index contributed by atoms with van der Waals surface area (Å²) in [5.74, 6) is -0.113. The van der Waals surface area contributed by atoms with Crippen LogP contribution < -0.4 is 11.1 Å². The van der Waals surface area contributed by atoms with Gasteiger partial charge in [-0.1, -0.05) is 18.2 Å². The normalized spacial score (nSPS) is 12.3. The van der Waals surface area contributed by atoms with Crippen molar-refractivity contribution in [2.24, 2.45) is 5.73 Å². The molecular weight excluding hydrogens is 254 g/mol. The first kappa shape index (κ1) is 14.4. The zero-order valence-corrected chi connectivity index (χ0v) is 11.7. The van der Waals surface area contributed by atoms with Crippen molar-refractivity contribution in [3.05, 3.63) is 36.0 Å². The summed E-state index contributed by atoms with van der Waals surface area (Å²) in [4.78, 5) is 16.5. The number of aromatic nitrogens is 1. The van der Waals surface area contributed by atoms with Gasteiger partial charge in [-0.15, -0.1) is 0 Å². The van der Waals surface area contributed by atoms with Gasteiger partial charge in [-0.05, 0) is 19.1 Å². The number of methoxy groups -OCH3 is 1. The van der Waals surface area contributed by atoms with Crippen LogP contribution in [0.15, 0.2) is 30.3 Å². The maximum Gasteiger partial charge on any atom is 0.227 e. The van der Waals surface area contributed by atoms with Gasteiger partial charge in [-0.2, -0.15) is 0 Å². The van der Waals surface area contributed by atoms with Gasteiger partial charge in [0.2, 0.25) is 5.91 Å². The number of nitrogens with zero attached hydrogens (tertiary/aromatic N) is 1. The summed E-state index contributed by atoms with van der Waals surface area (Å²) in [7, 11) is 1.55. The number of pyridine rings is 1. The lowest BCUT2D eigenvalue weighted by Gasteiger charge is -2.14. The molecule has 0 aliphatic heterocycles. The van der Waals surface area contributed by atoms with E-state index < -0.39 is 0 Å². The molecule has 0 saturated heterocycles. The molecule has 20 heavy (non-hydrogen) atoms. The molecule has 0 aliphatic rings. The predicted octanol–water partition coefficient (Wildman–Crippen LogP) is 1.85. The minimum atomic E-state index is -0.260. The topological polar surface area (TPSA) is 77.2 Å². The molecule has 1 heterocycles. The van der Waals surface area contributed by atoms with Crippen LogP contribution >= 0.6 is 0 Å². The summed E-state index contributed by atoms with van der Waals surface area (Å²) in [6.45, 7) is 2.22. The number of ether oxygens (including phenoxy) is 1. The molecule has 106 valence electrons. The second kappa shape index (κ2) is 6.45. The number of hydrogen-bond donors (Lipinski definition) is 2. The predicted molar refractivity (Wildman–Crippen MR) is 79.6 cm³/mol. The Morgan fingerprint density at radius 1 is 1.45 bits per heavy atom. The number of rotatable bonds is 5. The van der Waals surface area contributed by atoms with Crippen LogP contribution in [0.2, 0.25) is 0 Å². The van der Waals surface area contributed by atoms with E-state index in [9.17, 15) is 4.79 Å². The maximum atomic E-state index is 12.0. The summed E-state index contributed by atoms with van der Waals surface area (Å²) in [6, 6.07) is 9.58. The first-order valence-corrected chi connectivity index (χ1v) is 6.53. The van der Waals surface area contributed by atoms with Gasteiger partial charge in [-0.3, -0.25) is 9.78 Å². The van der Waals surface area contributed by atoms with Crippen LogP contribution in [0, 0.1) is 6.92 Å². The van der Waals surface area contributed by atoms with Gasteiger partial charge < -0.3 is 15.8 Å². The summed E-state index contributed by atoms with van der Waals surface area (Å²) >= 11 is 0. The third kappa shape index (κ3) is 3.31. The van der Waals surface area contributed by atoms with E-state index in [1.54, 1.807) is 7.11 Å². The number of benzene rings is 1. The van der Waals surface area contributed by atoms with Gasteiger partial charge in [0, 0.05) is 24.7 Å². The molecule has 0 fully saturated rings. The smallest absolute Gasteiger partial charge is 0.227 e. The number of hydrogen-bond acceptors (Lipinski definition) is 4. The van der Waals surface area contributed by atoms with Crippen molar-refractivity contribution in [1.29, 1.82) is 0 Å². The van der Waals surface area contributed by atoms with Gasteiger partial charge in [0.15, 0.2) is 0 Å². The highest BCUT2D eigenvalue weighted by molar-refractivity contribution is 6.01. The monoisotopic (exact) mass is 273 g/mol. The Labute approximate surface area is 118 Å². The van der Waals surface area contributed by atoms with Crippen molar-refractivity contribution < 1.29 is 9.53 Å². The molecule has 0 aliphatic carbocycles. The largest absolute Gasteiger partial charge is 0.380 e. The summed E-state index contributed by atoms with van der Waals surface area (Å²) in [6.07, 6.45) is -0.0212. The number of anilines is 1. The number of amides is 1. The number of para-hydroxylation sites is 1. The molecule has 1 aromatic heterocycles. The summed E-state index contributed by atoms with van der Waals surface area (Å²) in [5, 5.41) is 3.83. The van der Waals surface area contributed by atoms with Crippen LogP contribution in [0.3, 0.4) is 0 Å². The van der Waals surface area contributed by atoms with Crippen molar-refractivity contribution >= 4 is 22.5 Å². The first-order valence-electron chi connectivity index (χ1n) is 6.53. The van der Waals surface area contributed by atoms with E-state index in [-0.39, 0.29) is 18.4 Å². The van der Waals surface area contributed by atoms with E-state index in [0.29, 0.717) is 6.54 Å². The number of aryl methyl sites for hydroxylation is 1. The van der Waals surface area contributed by atoms with Gasteiger partial charge in [0.25, 0.3) is 0 Å². The quantitative estimate of drug-likeness (QED) is 0.871. The van der Waals surface area contributed by atoms with Gasteiger partial charge in [-0.25, -0.2) is 0 Å². The Bertz CT molecular complexity index is 609. The highest BCUT2D eigenvalue weighted by Crippen LogP contribution is 2.23. The third-order valence-corrected chi connectivity index (χ3v) is 3.13. The standard InChI is InChI=1S/C15H19N3O2/c1-10-7-14(12-5-3-4-6-13(12)17-10)18-15(19)8-11(9-16)20-2/h3-7,11H,8-9,16H2,1-2H3,(H,17,18,19). The zero-order chi connectivity index (χ0) is 14.5. The van der Waals surface area contributed by atoms with E-state index in [1.807, 2.05) is 37.3 Å². The Balaban J connectivity index is 2.23. The molecule has 2 rings (SSSR count). The zero-order valence-electron chi connectivity index (χ0n) is 11.7. The minimum Gasteiger partial charge on any atom is -0.380 e. The van der Waals surface area contributed by atoms with E-state index in [0.717, 1.165) is 22.3 Å². The Morgan fingerprint density at radius 2 is 2.20 bits per heavy atom. The number of carbonyl (C=O) groups is 1. The van der Waals surface area contributed by atoms with Crippen LogP contribution in [0.4, 0.5) is 5.69 Å². The molecule has 1 unspecified atom stereocenters. The minimum absolute atomic E-state index is 0.113. The molecule has 0 bridgehead atoms. The maximum absolute atomic E-state index is 12.0. The van der Waals surface area contributed by atoms with Crippen molar-refractivity contribution in [1.82, 2.24) is 4.98 Å². The van der Waals surface area contributed by atoms with Crippen molar-refractivity contribution in [2.45, 2.75) is 19.4 Å². The van der Waals surface area contributed by atoms with Crippen LogP contribution in [0.25, 0.3) is 10.9 Å². The Kier molecular flexibility index (Phi) is 4.65. The molecule has 5 nitrogen and oxygen atoms in total. The molecule has 0 radical (unpaired) electrons. The molecule has 0 spiro atoms. The lowest BCUT2D eigenvalue weighted by Crippen LogP contribution is -2.28. The molecule has 1 aromatic carbocycles. The van der Waals surface area contributed by atoms with Crippen molar-refractivity contribution in [2.75, 3.05) is 19.0 Å². The fourth-order valence-corrected chi connectivity index (χ4v) is 2.08. The van der Waals surface area contributed by atoms with Crippen molar-refractivity contribution in [3.63, 3.8) is 0 Å². The molecular formula is C15H19N3O2. The number of fused-ring (bicyclic) bond motifs is 1. The second-order valence-electron chi connectivity index (χ2n) is 4.67. The second-order valence-corrected chi connectivity index (χ2v) is 4.67. The lowest BCUT2D eigenvalue weighted by molar-refractivity contribution is -0.118. The van der Waals surface area contributed by atoms with Crippen LogP contribution in [-0.2, 0) is 9.53 Å². The summed E-state index contributed by atoms with van der Waals surface area (Å²) in [5.41, 5.74) is 8.02. The SMILES string of the molecule is COC(CN)CC(=O)Nc1cc(C)nc2ccccc12. The summed E-state index contributed by atoms with van der Waals surface area (Å²) < 4.78 is 5.12. The Morgan fingerprint density at radius 3 is 2.90 bits per heavy atom. The first-order chi connectivity index (χ1) is 9.63. The van der Waals surface area contributed by atoms with Gasteiger partial charge in [0.05, 0.1) is 23.7 Å². The van der Waals surface area contributed by atoms with Gasteiger partial charge >= 0.3 is 0 Å². The van der Waals surface area contributed by atoms with Gasteiger partial charge in [0.1, 0.15) is 0 Å². The fraction of sp³-hybridized carbons (Fsp3) is 0.333. The van der Waals surface area contributed by atoms with Crippen molar-refractivity contribution in [3.8, 4) is 0 Å². The highest BCUT2D eigenvalue weighted by atomic mass is 16.5. The molecule has 0 saturated carbocycles. The van der Waals surface area contributed by atoms with E-state index in [4.69, 9.17) is 10.5 Å². The fourth-order valence-electron chi connectivity index (χ4n) is 2.08. The average molecular weight is 273 g/mol. The van der Waals surface area contributed by atoms with E-state index in [2.05, 4.69) is 10.3 Å². The Hall–Kier alpha value is -1.98. The molecule has 1 atom stereocenters. The average Bonchev–Trinajstić information content (AvgIpc) is 2.44. The van der Waals surface area contributed by atoms with E-state index in [1.165, 1.54) is 0 Å². The molecule has 2 aromatic rings. The third-order valence-electron chi connectivity index (χ3n) is 3.13. The molecule has 1 amide bonds. The number of nitrogens with one attached hydrogen (secondary N) is 1. The lowest BCUT2D eigenvalue weighted by atomic mass is 10.1. The molecule has 5 heteroatoms. The number of carbonyl (C=O) groups excluding carboxylic acids is 1. The highest BCUT2D eigenvalue weighted by Gasteiger charge is 2.13. The van der Waals surface area contributed by atoms with Crippen LogP contribution in [0.1, 0.15) is 12.1 Å². The number of nitrogens with two attached hydrogens (primary N) is 1. The molecule has 3 N–H and O–H groups in total. The van der Waals surface area contributed by atoms with Crippen LogP contribution in [-0.4, -0.2) is 30.6 Å². The van der Waals surface area contributed by atoms with E-state index >= 15 is 0 Å². The van der Waals surface area contributed by atoms with Crippen LogP contribution in [0.5, 0.6) is 0 Å².